The van der Waals surface area contributed by atoms with Gasteiger partial charge in [-0.3, -0.25) is 4.79 Å². The number of thioether (sulfide) groups is 1. The smallest absolute Gasteiger partial charge is 0.277 e. The Morgan fingerprint density at radius 1 is 1.24 bits per heavy atom. The van der Waals surface area contributed by atoms with Crippen LogP contribution in [0.3, 0.4) is 0 Å². The molecule has 0 atom stereocenters. The molecule has 8 nitrogen and oxygen atoms in total. The van der Waals surface area contributed by atoms with Crippen LogP contribution in [0.1, 0.15) is 43.9 Å². The molecule has 1 aliphatic heterocycles. The summed E-state index contributed by atoms with van der Waals surface area (Å²) in [6, 6.07) is 4.48. The molecule has 1 saturated heterocycles. The number of nitrogens with zero attached hydrogens (tertiary/aromatic N) is 3. The highest BCUT2D eigenvalue weighted by Crippen LogP contribution is 2.39. The number of benzene rings is 1. The molecule has 0 bridgehead atoms. The molecule has 1 N–H and O–H groups in total. The number of aromatic nitrogens is 2. The molecule has 1 saturated carbocycles. The van der Waals surface area contributed by atoms with Crippen LogP contribution in [-0.4, -0.2) is 47.7 Å². The lowest BCUT2D eigenvalue weighted by Crippen LogP contribution is -2.35. The van der Waals surface area contributed by atoms with Crippen LogP contribution in [0.5, 0.6) is 0 Å². The maximum Gasteiger partial charge on any atom is 0.277 e. The number of carbonyl (C=O) groups is 1. The van der Waals surface area contributed by atoms with Crippen molar-refractivity contribution in [3.05, 3.63) is 29.1 Å². The van der Waals surface area contributed by atoms with Gasteiger partial charge in [0.05, 0.1) is 10.8 Å². The van der Waals surface area contributed by atoms with E-state index in [0.717, 1.165) is 43.9 Å². The number of rotatable bonds is 7. The molecule has 156 valence electrons. The Labute approximate surface area is 178 Å². The van der Waals surface area contributed by atoms with Crippen molar-refractivity contribution >= 4 is 45.0 Å². The van der Waals surface area contributed by atoms with Crippen molar-refractivity contribution in [2.45, 2.75) is 48.1 Å². The molecule has 11 heteroatoms. The third-order valence-corrected chi connectivity index (χ3v) is 8.02. The second kappa shape index (κ2) is 8.63. The first-order valence-electron chi connectivity index (χ1n) is 9.49. The second-order valence-electron chi connectivity index (χ2n) is 7.13. The Morgan fingerprint density at radius 3 is 2.72 bits per heavy atom. The Morgan fingerprint density at radius 2 is 2.00 bits per heavy atom. The van der Waals surface area contributed by atoms with Gasteiger partial charge < -0.3 is 9.73 Å². The molecule has 0 spiro atoms. The molecule has 2 aliphatic rings. The average molecular weight is 457 g/mol. The lowest BCUT2D eigenvalue weighted by Gasteiger charge is -2.26. The normalized spacial score (nSPS) is 18.0. The number of piperidine rings is 1. The van der Waals surface area contributed by atoms with Crippen LogP contribution in [0.15, 0.2) is 32.7 Å². The van der Waals surface area contributed by atoms with Gasteiger partial charge in [0.1, 0.15) is 4.90 Å². The van der Waals surface area contributed by atoms with Gasteiger partial charge in [0.2, 0.25) is 21.8 Å². The SMILES string of the molecule is O=C(CSc1nnc(C2CC2)o1)Nc1ccc(Cl)c(S(=O)(=O)N2CCCCC2)c1. The molecule has 2 fully saturated rings. The molecular weight excluding hydrogens is 436 g/mol. The predicted molar refractivity (Wildman–Crippen MR) is 110 cm³/mol. The van der Waals surface area contributed by atoms with E-state index in [0.29, 0.717) is 35.8 Å². The van der Waals surface area contributed by atoms with Gasteiger partial charge in [-0.2, -0.15) is 4.31 Å². The standard InChI is InChI=1S/C18H21ClN4O4S2/c19-14-7-6-13(10-15(14)29(25,26)23-8-2-1-3-9-23)20-16(24)11-28-18-22-21-17(27-18)12-4-5-12/h6-7,10,12H,1-5,8-9,11H2,(H,20,24). The number of anilines is 1. The van der Waals surface area contributed by atoms with Gasteiger partial charge in [0, 0.05) is 24.7 Å². The average Bonchev–Trinajstić information content (AvgIpc) is 3.46. The zero-order valence-corrected chi connectivity index (χ0v) is 18.0. The zero-order valence-electron chi connectivity index (χ0n) is 15.6. The molecular formula is C18H21ClN4O4S2. The maximum absolute atomic E-state index is 12.9. The van der Waals surface area contributed by atoms with E-state index in [9.17, 15) is 13.2 Å². The number of hydrogen-bond acceptors (Lipinski definition) is 7. The number of sulfonamides is 1. The van der Waals surface area contributed by atoms with Crippen molar-refractivity contribution in [2.24, 2.45) is 0 Å². The third-order valence-electron chi connectivity index (χ3n) is 4.82. The number of carbonyl (C=O) groups excluding carboxylic acids is 1. The predicted octanol–water partition coefficient (Wildman–Crippen LogP) is 3.51. The zero-order chi connectivity index (χ0) is 20.4. The molecule has 1 aromatic heterocycles. The summed E-state index contributed by atoms with van der Waals surface area (Å²) in [6.45, 7) is 0.970. The Bertz CT molecular complexity index is 1000. The first-order valence-corrected chi connectivity index (χ1v) is 12.3. The minimum atomic E-state index is -3.69. The number of halogens is 1. The summed E-state index contributed by atoms with van der Waals surface area (Å²) >= 11 is 7.30. The third kappa shape index (κ3) is 4.93. The van der Waals surface area contributed by atoms with Gasteiger partial charge in [-0.15, -0.1) is 10.2 Å². The highest BCUT2D eigenvalue weighted by Gasteiger charge is 2.30. The lowest BCUT2D eigenvalue weighted by molar-refractivity contribution is -0.113. The Hall–Kier alpha value is -1.62. The summed E-state index contributed by atoms with van der Waals surface area (Å²) < 4.78 is 32.8. The van der Waals surface area contributed by atoms with E-state index in [1.807, 2.05) is 0 Å². The van der Waals surface area contributed by atoms with Crippen molar-refractivity contribution in [2.75, 3.05) is 24.2 Å². The minimum Gasteiger partial charge on any atom is -0.416 e. The van der Waals surface area contributed by atoms with Crippen LogP contribution < -0.4 is 5.32 Å². The fourth-order valence-electron chi connectivity index (χ4n) is 3.12. The van der Waals surface area contributed by atoms with Gasteiger partial charge in [0.25, 0.3) is 5.22 Å². The summed E-state index contributed by atoms with van der Waals surface area (Å²) in [5.74, 6) is 0.756. The van der Waals surface area contributed by atoms with Crippen LogP contribution in [0.25, 0.3) is 0 Å². The molecule has 1 aromatic carbocycles. The van der Waals surface area contributed by atoms with E-state index in [1.165, 1.54) is 16.4 Å². The van der Waals surface area contributed by atoms with Gasteiger partial charge in [-0.1, -0.05) is 29.8 Å². The fraction of sp³-hybridized carbons (Fsp3) is 0.500. The van der Waals surface area contributed by atoms with Crippen molar-refractivity contribution < 1.29 is 17.6 Å². The molecule has 0 unspecified atom stereocenters. The van der Waals surface area contributed by atoms with E-state index in [1.54, 1.807) is 6.07 Å². The number of amides is 1. The van der Waals surface area contributed by atoms with Crippen LogP contribution in [-0.2, 0) is 14.8 Å². The van der Waals surface area contributed by atoms with Crippen LogP contribution in [0.2, 0.25) is 5.02 Å². The Balaban J connectivity index is 1.40. The van der Waals surface area contributed by atoms with E-state index in [4.69, 9.17) is 16.0 Å². The highest BCUT2D eigenvalue weighted by molar-refractivity contribution is 7.99. The van der Waals surface area contributed by atoms with Gasteiger partial charge in [-0.25, -0.2) is 8.42 Å². The van der Waals surface area contributed by atoms with Gasteiger partial charge in [0.15, 0.2) is 0 Å². The lowest BCUT2D eigenvalue weighted by atomic mass is 10.2. The molecule has 29 heavy (non-hydrogen) atoms. The monoisotopic (exact) mass is 456 g/mol. The van der Waals surface area contributed by atoms with Crippen molar-refractivity contribution in [1.29, 1.82) is 0 Å². The van der Waals surface area contributed by atoms with Crippen molar-refractivity contribution in [1.82, 2.24) is 14.5 Å². The summed E-state index contributed by atoms with van der Waals surface area (Å²) in [4.78, 5) is 12.3. The summed E-state index contributed by atoms with van der Waals surface area (Å²) in [6.07, 6.45) is 4.82. The first-order chi connectivity index (χ1) is 13.9. The molecule has 0 radical (unpaired) electrons. The largest absolute Gasteiger partial charge is 0.416 e. The van der Waals surface area contributed by atoms with Crippen LogP contribution in [0, 0.1) is 0 Å². The number of hydrogen-bond donors (Lipinski definition) is 1. The van der Waals surface area contributed by atoms with E-state index in [2.05, 4.69) is 15.5 Å². The Kier molecular flexibility index (Phi) is 6.14. The quantitative estimate of drug-likeness (QED) is 0.635. The minimum absolute atomic E-state index is 0.0116. The molecule has 4 rings (SSSR count). The van der Waals surface area contributed by atoms with E-state index in [-0.39, 0.29) is 21.6 Å². The van der Waals surface area contributed by atoms with E-state index >= 15 is 0 Å². The van der Waals surface area contributed by atoms with Crippen molar-refractivity contribution in [3.63, 3.8) is 0 Å². The molecule has 1 aliphatic carbocycles. The number of nitrogens with one attached hydrogen (secondary N) is 1. The van der Waals surface area contributed by atoms with E-state index < -0.39 is 10.0 Å². The van der Waals surface area contributed by atoms with Gasteiger partial charge >= 0.3 is 0 Å². The second-order valence-corrected chi connectivity index (χ2v) is 10.4. The molecule has 1 amide bonds. The fourth-order valence-corrected chi connectivity index (χ4v) is 5.71. The highest BCUT2D eigenvalue weighted by atomic mass is 35.5. The topological polar surface area (TPSA) is 105 Å². The first kappa shape index (κ1) is 20.6. The molecule has 2 aromatic rings. The summed E-state index contributed by atoms with van der Waals surface area (Å²) in [5, 5.41) is 11.1. The van der Waals surface area contributed by atoms with Crippen LogP contribution in [0.4, 0.5) is 5.69 Å². The van der Waals surface area contributed by atoms with Gasteiger partial charge in [-0.05, 0) is 43.9 Å². The summed E-state index contributed by atoms with van der Waals surface area (Å²) in [7, 11) is -3.69. The van der Waals surface area contributed by atoms with Crippen LogP contribution >= 0.6 is 23.4 Å². The molecule has 2 heterocycles. The maximum atomic E-state index is 12.9. The summed E-state index contributed by atoms with van der Waals surface area (Å²) in [5.41, 5.74) is 0.375. The van der Waals surface area contributed by atoms with Crippen molar-refractivity contribution in [3.8, 4) is 0 Å².